The minimum Gasteiger partial charge on any atom is -0.475 e. The van der Waals surface area contributed by atoms with E-state index in [1.54, 1.807) is 6.07 Å². The van der Waals surface area contributed by atoms with Gasteiger partial charge in [-0.05, 0) is 38.5 Å². The zero-order valence-corrected chi connectivity index (χ0v) is 18.0. The van der Waals surface area contributed by atoms with E-state index in [9.17, 15) is 5.11 Å². The summed E-state index contributed by atoms with van der Waals surface area (Å²) in [6, 6.07) is 3.57. The van der Waals surface area contributed by atoms with E-state index in [1.807, 2.05) is 23.2 Å². The number of ether oxygens (including phenoxy) is 1. The number of aliphatic hydroxyl groups is 3. The molecule has 0 fully saturated rings. The maximum Gasteiger partial charge on any atom is 0.218 e. The maximum atomic E-state index is 9.80. The van der Waals surface area contributed by atoms with Crippen molar-refractivity contribution in [2.24, 2.45) is 0 Å². The molecule has 0 spiro atoms. The van der Waals surface area contributed by atoms with Crippen molar-refractivity contribution in [3.8, 4) is 5.88 Å². The number of aromatic nitrogens is 3. The zero-order chi connectivity index (χ0) is 22.4. The van der Waals surface area contributed by atoms with E-state index in [2.05, 4.69) is 41.4 Å². The van der Waals surface area contributed by atoms with Crippen molar-refractivity contribution >= 4 is 23.5 Å². The van der Waals surface area contributed by atoms with Crippen molar-refractivity contribution in [3.05, 3.63) is 35.8 Å². The quantitative estimate of drug-likeness (QED) is 0.396. The number of rotatable bonds is 9. The molecule has 168 valence electrons. The Bertz CT molecular complexity index is 915. The highest BCUT2D eigenvalue weighted by molar-refractivity contribution is 5.69. The van der Waals surface area contributed by atoms with E-state index in [-0.39, 0.29) is 25.4 Å². The Morgan fingerprint density at radius 2 is 2.00 bits per heavy atom. The third-order valence-corrected chi connectivity index (χ3v) is 4.37. The summed E-state index contributed by atoms with van der Waals surface area (Å²) in [5.74, 6) is 2.21. The van der Waals surface area contributed by atoms with Crippen molar-refractivity contribution in [1.82, 2.24) is 19.9 Å². The van der Waals surface area contributed by atoms with Gasteiger partial charge in [0.25, 0.3) is 0 Å². The summed E-state index contributed by atoms with van der Waals surface area (Å²) in [5, 5.41) is 34.5. The Morgan fingerprint density at radius 3 is 2.71 bits per heavy atom. The number of aliphatic hydroxyl groups excluding tert-OH is 3. The smallest absolute Gasteiger partial charge is 0.218 e. The predicted octanol–water partition coefficient (Wildman–Crippen LogP) is 1.34. The van der Waals surface area contributed by atoms with Gasteiger partial charge < -0.3 is 35.6 Å². The summed E-state index contributed by atoms with van der Waals surface area (Å²) in [4.78, 5) is 14.9. The van der Waals surface area contributed by atoms with Gasteiger partial charge >= 0.3 is 0 Å². The molecule has 1 atom stereocenters. The SMILES string of the molecule is CC(C)(C)Nc1nc(Nc2cc(OCCO)ncn2)cc2c1CN(C[C@H](O)CO)C=C2. The Balaban J connectivity index is 1.88. The Labute approximate surface area is 181 Å². The normalized spacial score (nSPS) is 14.2. The van der Waals surface area contributed by atoms with Crippen LogP contribution in [-0.2, 0) is 6.54 Å². The van der Waals surface area contributed by atoms with Crippen molar-refractivity contribution in [2.45, 2.75) is 39.0 Å². The van der Waals surface area contributed by atoms with Crippen molar-refractivity contribution in [2.75, 3.05) is 37.0 Å². The first-order chi connectivity index (χ1) is 14.8. The number of β-amino-alcohol motifs (C(OH)–C–C–N with tert-alkyl or cyclic N) is 1. The van der Waals surface area contributed by atoms with Crippen molar-refractivity contribution in [1.29, 1.82) is 0 Å². The maximum absolute atomic E-state index is 9.80. The van der Waals surface area contributed by atoms with E-state index >= 15 is 0 Å². The lowest BCUT2D eigenvalue weighted by atomic mass is 10.0. The first kappa shape index (κ1) is 22.7. The molecule has 0 saturated heterocycles. The fraction of sp³-hybridized carbons (Fsp3) is 0.476. The van der Waals surface area contributed by atoms with E-state index in [4.69, 9.17) is 19.9 Å². The summed E-state index contributed by atoms with van der Waals surface area (Å²) in [6.45, 7) is 6.83. The topological polar surface area (TPSA) is 136 Å². The number of fused-ring (bicyclic) bond motifs is 1. The fourth-order valence-corrected chi connectivity index (χ4v) is 3.09. The fourth-order valence-electron chi connectivity index (χ4n) is 3.09. The van der Waals surface area contributed by atoms with Gasteiger partial charge in [-0.25, -0.2) is 15.0 Å². The summed E-state index contributed by atoms with van der Waals surface area (Å²) in [5.41, 5.74) is 1.78. The Kier molecular flexibility index (Phi) is 7.26. The lowest BCUT2D eigenvalue weighted by Gasteiger charge is -2.31. The largest absolute Gasteiger partial charge is 0.475 e. The minimum atomic E-state index is -0.806. The van der Waals surface area contributed by atoms with Crippen molar-refractivity contribution in [3.63, 3.8) is 0 Å². The molecule has 3 rings (SSSR count). The van der Waals surface area contributed by atoms with Gasteiger partial charge in [-0.15, -0.1) is 0 Å². The van der Waals surface area contributed by atoms with Gasteiger partial charge in [0.05, 0.1) is 19.3 Å². The molecule has 2 aromatic rings. The Hall–Kier alpha value is -2.95. The van der Waals surface area contributed by atoms with Crippen LogP contribution in [-0.4, -0.2) is 73.2 Å². The van der Waals surface area contributed by atoms with E-state index in [0.29, 0.717) is 30.6 Å². The van der Waals surface area contributed by atoms with Crippen LogP contribution in [0.1, 0.15) is 31.9 Å². The van der Waals surface area contributed by atoms with Crippen LogP contribution >= 0.6 is 0 Å². The first-order valence-corrected chi connectivity index (χ1v) is 10.1. The molecular formula is C21H30N6O4. The molecule has 31 heavy (non-hydrogen) atoms. The lowest BCUT2D eigenvalue weighted by molar-refractivity contribution is 0.0700. The van der Waals surface area contributed by atoms with Crippen molar-refractivity contribution < 1.29 is 20.1 Å². The molecule has 0 saturated carbocycles. The molecule has 1 aliphatic rings. The number of hydrogen-bond donors (Lipinski definition) is 5. The van der Waals surface area contributed by atoms with Crippen LogP contribution < -0.4 is 15.4 Å². The van der Waals surface area contributed by atoms with Crippen LogP contribution in [0.3, 0.4) is 0 Å². The highest BCUT2D eigenvalue weighted by atomic mass is 16.5. The van der Waals surface area contributed by atoms with Gasteiger partial charge in [0.15, 0.2) is 0 Å². The van der Waals surface area contributed by atoms with Crippen LogP contribution in [0.4, 0.5) is 17.5 Å². The molecule has 0 aliphatic carbocycles. The molecule has 10 nitrogen and oxygen atoms in total. The molecule has 2 aromatic heterocycles. The molecule has 10 heteroatoms. The minimum absolute atomic E-state index is 0.0976. The second-order valence-electron chi connectivity index (χ2n) is 8.32. The molecule has 0 amide bonds. The summed E-state index contributed by atoms with van der Waals surface area (Å²) >= 11 is 0. The van der Waals surface area contributed by atoms with Crippen LogP contribution in [0.2, 0.25) is 0 Å². The van der Waals surface area contributed by atoms with Gasteiger partial charge in [0, 0.05) is 36.5 Å². The average molecular weight is 431 g/mol. The molecule has 0 unspecified atom stereocenters. The van der Waals surface area contributed by atoms with Crippen LogP contribution in [0.5, 0.6) is 5.88 Å². The lowest BCUT2D eigenvalue weighted by Crippen LogP contribution is -2.33. The zero-order valence-electron chi connectivity index (χ0n) is 18.0. The number of nitrogens with zero attached hydrogens (tertiary/aromatic N) is 4. The molecular weight excluding hydrogens is 400 g/mol. The second kappa shape index (κ2) is 9.90. The van der Waals surface area contributed by atoms with Gasteiger partial charge in [-0.1, -0.05) is 0 Å². The highest BCUT2D eigenvalue weighted by Crippen LogP contribution is 2.31. The second-order valence-corrected chi connectivity index (χ2v) is 8.32. The Morgan fingerprint density at radius 1 is 1.19 bits per heavy atom. The summed E-state index contributed by atoms with van der Waals surface area (Å²) in [7, 11) is 0. The standard InChI is InChI=1S/C21H30N6O4/c1-21(2,3)26-20-16-11-27(10-15(30)12-29)5-4-14(16)8-18(25-20)24-17-9-19(23-13-22-17)31-7-6-28/h4-5,8-9,13,15,28-30H,6-7,10-12H2,1-3H3,(H2,22,23,24,25,26)/t15-/m0/s1. The number of pyridine rings is 1. The van der Waals surface area contributed by atoms with Gasteiger partial charge in [-0.3, -0.25) is 0 Å². The van der Waals surface area contributed by atoms with E-state index < -0.39 is 6.10 Å². The molecule has 0 radical (unpaired) electrons. The van der Waals surface area contributed by atoms with Gasteiger partial charge in [0.2, 0.25) is 5.88 Å². The van der Waals surface area contributed by atoms with Gasteiger partial charge in [-0.2, -0.15) is 0 Å². The van der Waals surface area contributed by atoms with E-state index in [0.717, 1.165) is 16.9 Å². The van der Waals surface area contributed by atoms with Crippen LogP contribution in [0.25, 0.3) is 6.08 Å². The molecule has 3 heterocycles. The number of anilines is 3. The highest BCUT2D eigenvalue weighted by Gasteiger charge is 2.22. The average Bonchev–Trinajstić information content (AvgIpc) is 2.71. The first-order valence-electron chi connectivity index (χ1n) is 10.1. The van der Waals surface area contributed by atoms with Gasteiger partial charge in [0.1, 0.15) is 30.4 Å². The van der Waals surface area contributed by atoms with Crippen LogP contribution in [0, 0.1) is 0 Å². The monoisotopic (exact) mass is 430 g/mol. The number of hydrogen-bond acceptors (Lipinski definition) is 10. The number of nitrogens with one attached hydrogen (secondary N) is 2. The third-order valence-electron chi connectivity index (χ3n) is 4.37. The van der Waals surface area contributed by atoms with E-state index in [1.165, 1.54) is 6.33 Å². The summed E-state index contributed by atoms with van der Waals surface area (Å²) in [6.07, 6.45) is 4.43. The molecule has 0 aromatic carbocycles. The predicted molar refractivity (Wildman–Crippen MR) is 118 cm³/mol. The van der Waals surface area contributed by atoms with Crippen LogP contribution in [0.15, 0.2) is 24.7 Å². The summed E-state index contributed by atoms with van der Waals surface area (Å²) < 4.78 is 5.34. The molecule has 0 bridgehead atoms. The molecule has 1 aliphatic heterocycles. The molecule has 5 N–H and O–H groups in total. The third kappa shape index (κ3) is 6.51.